The van der Waals surface area contributed by atoms with Crippen LogP contribution in [0.4, 0.5) is 0 Å². The zero-order valence-corrected chi connectivity index (χ0v) is 12.3. The normalized spacial score (nSPS) is 13.3. The van der Waals surface area contributed by atoms with Crippen LogP contribution in [0.3, 0.4) is 0 Å². The predicted molar refractivity (Wildman–Crippen MR) is 80.2 cm³/mol. The van der Waals surface area contributed by atoms with Gasteiger partial charge in [-0.25, -0.2) is 4.98 Å². The smallest absolute Gasteiger partial charge is 0.0938 e. The van der Waals surface area contributed by atoms with Gasteiger partial charge in [-0.2, -0.15) is 0 Å². The first kappa shape index (κ1) is 13.5. The molecule has 0 saturated carbocycles. The van der Waals surface area contributed by atoms with Gasteiger partial charge in [-0.1, -0.05) is 26.0 Å². The van der Waals surface area contributed by atoms with Crippen LogP contribution in [0.1, 0.15) is 31.7 Å². The van der Waals surface area contributed by atoms with E-state index < -0.39 is 0 Å². The third-order valence-electron chi connectivity index (χ3n) is 3.42. The lowest BCUT2D eigenvalue weighted by Gasteiger charge is -2.19. The summed E-state index contributed by atoms with van der Waals surface area (Å²) in [5, 5.41) is 4.67. The Kier molecular flexibility index (Phi) is 4.72. The number of nitrogens with one attached hydrogen (secondary N) is 1. The molecule has 0 spiro atoms. The molecule has 1 aromatic carbocycles. The Morgan fingerprint density at radius 1 is 1.28 bits per heavy atom. The average Bonchev–Trinajstić information content (AvgIpc) is 2.76. The van der Waals surface area contributed by atoms with E-state index in [9.17, 15) is 0 Å². The fourth-order valence-corrected chi connectivity index (χ4v) is 3.32. The van der Waals surface area contributed by atoms with Crippen LogP contribution in [0.15, 0.2) is 24.3 Å². The van der Waals surface area contributed by atoms with E-state index in [0.717, 1.165) is 11.9 Å². The molecule has 98 valence electrons. The van der Waals surface area contributed by atoms with Crippen molar-refractivity contribution in [1.82, 2.24) is 10.3 Å². The Balaban J connectivity index is 1.90. The van der Waals surface area contributed by atoms with Crippen LogP contribution in [0.25, 0.3) is 10.2 Å². The van der Waals surface area contributed by atoms with Crippen molar-refractivity contribution in [1.29, 1.82) is 0 Å². The maximum Gasteiger partial charge on any atom is 0.0938 e. The van der Waals surface area contributed by atoms with Gasteiger partial charge in [0, 0.05) is 6.04 Å². The van der Waals surface area contributed by atoms with Gasteiger partial charge in [-0.15, -0.1) is 11.3 Å². The lowest BCUT2D eigenvalue weighted by molar-refractivity contribution is 0.393. The molecular formula is C15H22N2S. The summed E-state index contributed by atoms with van der Waals surface area (Å²) in [4.78, 5) is 4.68. The minimum absolute atomic E-state index is 0.624. The number of aromatic nitrogens is 1. The van der Waals surface area contributed by atoms with Crippen molar-refractivity contribution < 1.29 is 0 Å². The van der Waals surface area contributed by atoms with Crippen molar-refractivity contribution in [2.45, 2.75) is 39.2 Å². The third kappa shape index (κ3) is 3.30. The zero-order valence-electron chi connectivity index (χ0n) is 11.4. The molecule has 2 nitrogen and oxygen atoms in total. The molecule has 2 rings (SSSR count). The second kappa shape index (κ2) is 6.30. The molecule has 0 saturated heterocycles. The zero-order chi connectivity index (χ0) is 13.0. The highest BCUT2D eigenvalue weighted by Gasteiger charge is 2.11. The molecule has 1 N–H and O–H groups in total. The number of benzene rings is 1. The maximum absolute atomic E-state index is 4.68. The number of fused-ring (bicyclic) bond motifs is 1. The third-order valence-corrected chi connectivity index (χ3v) is 4.52. The highest BCUT2D eigenvalue weighted by Crippen LogP contribution is 2.23. The monoisotopic (exact) mass is 262 g/mol. The van der Waals surface area contributed by atoms with Gasteiger partial charge in [-0.05, 0) is 44.4 Å². The fraction of sp³-hybridized carbons (Fsp3) is 0.533. The summed E-state index contributed by atoms with van der Waals surface area (Å²) >= 11 is 1.83. The van der Waals surface area contributed by atoms with Gasteiger partial charge in [0.05, 0.1) is 15.2 Å². The molecular weight excluding hydrogens is 240 g/mol. The SMILES string of the molecule is CNC(CCCc1nc2ccccc2s1)C(C)C. The van der Waals surface area contributed by atoms with Crippen LogP contribution >= 0.6 is 11.3 Å². The van der Waals surface area contributed by atoms with Crippen LogP contribution in [0, 0.1) is 5.92 Å². The Morgan fingerprint density at radius 3 is 2.72 bits per heavy atom. The maximum atomic E-state index is 4.68. The molecule has 1 aromatic heterocycles. The molecule has 1 heterocycles. The minimum Gasteiger partial charge on any atom is -0.317 e. The standard InChI is InChI=1S/C15H22N2S/c1-11(2)12(16-3)8-6-10-15-17-13-7-4-5-9-14(13)18-15/h4-5,7,9,11-12,16H,6,8,10H2,1-3H3. The van der Waals surface area contributed by atoms with Crippen molar-refractivity contribution in [2.24, 2.45) is 5.92 Å². The van der Waals surface area contributed by atoms with E-state index in [4.69, 9.17) is 0 Å². The number of rotatable bonds is 6. The van der Waals surface area contributed by atoms with E-state index in [0.29, 0.717) is 12.0 Å². The van der Waals surface area contributed by atoms with Crippen LogP contribution < -0.4 is 5.32 Å². The van der Waals surface area contributed by atoms with E-state index in [1.807, 2.05) is 11.3 Å². The first-order valence-corrected chi connectivity index (χ1v) is 7.54. The number of nitrogens with zero attached hydrogens (tertiary/aromatic N) is 1. The molecule has 1 atom stereocenters. The molecule has 18 heavy (non-hydrogen) atoms. The van der Waals surface area contributed by atoms with E-state index in [-0.39, 0.29) is 0 Å². The van der Waals surface area contributed by atoms with Crippen molar-refractivity contribution in [2.75, 3.05) is 7.05 Å². The summed E-state index contributed by atoms with van der Waals surface area (Å²) in [7, 11) is 2.06. The molecule has 0 amide bonds. The summed E-state index contributed by atoms with van der Waals surface area (Å²) in [5.74, 6) is 0.699. The van der Waals surface area contributed by atoms with Gasteiger partial charge in [0.25, 0.3) is 0 Å². The van der Waals surface area contributed by atoms with Crippen molar-refractivity contribution in [3.8, 4) is 0 Å². The van der Waals surface area contributed by atoms with Gasteiger partial charge < -0.3 is 5.32 Å². The summed E-state index contributed by atoms with van der Waals surface area (Å²) in [6.07, 6.45) is 3.54. The second-order valence-electron chi connectivity index (χ2n) is 5.11. The van der Waals surface area contributed by atoms with Gasteiger partial charge in [0.15, 0.2) is 0 Å². The van der Waals surface area contributed by atoms with Gasteiger partial charge >= 0.3 is 0 Å². The second-order valence-corrected chi connectivity index (χ2v) is 6.22. The van der Waals surface area contributed by atoms with E-state index in [1.54, 1.807) is 0 Å². The number of hydrogen-bond acceptors (Lipinski definition) is 3. The Bertz CT molecular complexity index is 457. The summed E-state index contributed by atoms with van der Waals surface area (Å²) < 4.78 is 1.31. The van der Waals surface area contributed by atoms with E-state index in [1.165, 1.54) is 22.5 Å². The van der Waals surface area contributed by atoms with Crippen LogP contribution in [-0.4, -0.2) is 18.1 Å². The van der Waals surface area contributed by atoms with Crippen LogP contribution in [0.5, 0.6) is 0 Å². The number of hydrogen-bond donors (Lipinski definition) is 1. The number of para-hydroxylation sites is 1. The van der Waals surface area contributed by atoms with Crippen molar-refractivity contribution in [3.05, 3.63) is 29.3 Å². The van der Waals surface area contributed by atoms with Gasteiger partial charge in [0.1, 0.15) is 0 Å². The highest BCUT2D eigenvalue weighted by atomic mass is 32.1. The Morgan fingerprint density at radius 2 is 2.06 bits per heavy atom. The summed E-state index contributed by atoms with van der Waals surface area (Å²) in [6, 6.07) is 9.02. The molecule has 0 bridgehead atoms. The molecule has 0 aliphatic rings. The highest BCUT2D eigenvalue weighted by molar-refractivity contribution is 7.18. The summed E-state index contributed by atoms with van der Waals surface area (Å²) in [5.41, 5.74) is 1.14. The molecule has 0 fully saturated rings. The number of thiazole rings is 1. The van der Waals surface area contributed by atoms with Crippen molar-refractivity contribution in [3.63, 3.8) is 0 Å². The van der Waals surface area contributed by atoms with Crippen LogP contribution in [0.2, 0.25) is 0 Å². The number of aryl methyl sites for hydroxylation is 1. The molecule has 0 aliphatic carbocycles. The molecule has 1 unspecified atom stereocenters. The first-order valence-electron chi connectivity index (χ1n) is 6.72. The first-order chi connectivity index (χ1) is 8.70. The van der Waals surface area contributed by atoms with Gasteiger partial charge in [0.2, 0.25) is 0 Å². The lowest BCUT2D eigenvalue weighted by atomic mass is 9.99. The van der Waals surface area contributed by atoms with E-state index >= 15 is 0 Å². The predicted octanol–water partition coefficient (Wildman–Crippen LogP) is 3.86. The topological polar surface area (TPSA) is 24.9 Å². The lowest BCUT2D eigenvalue weighted by Crippen LogP contribution is -2.30. The molecule has 2 aromatic rings. The molecule has 3 heteroatoms. The summed E-state index contributed by atoms with van der Waals surface area (Å²) in [6.45, 7) is 4.55. The molecule has 0 aliphatic heterocycles. The van der Waals surface area contributed by atoms with Crippen molar-refractivity contribution >= 4 is 21.6 Å². The quantitative estimate of drug-likeness (QED) is 0.855. The van der Waals surface area contributed by atoms with E-state index in [2.05, 4.69) is 55.5 Å². The van der Waals surface area contributed by atoms with Crippen LogP contribution in [-0.2, 0) is 6.42 Å². The minimum atomic E-state index is 0.624. The fourth-order valence-electron chi connectivity index (χ4n) is 2.31. The average molecular weight is 262 g/mol. The Labute approximate surface area is 113 Å². The molecule has 0 radical (unpaired) electrons. The largest absolute Gasteiger partial charge is 0.317 e. The van der Waals surface area contributed by atoms with Gasteiger partial charge in [-0.3, -0.25) is 0 Å². The Hall–Kier alpha value is -0.930.